The lowest BCUT2D eigenvalue weighted by Gasteiger charge is -2.13. The third kappa shape index (κ3) is 4.72. The topological polar surface area (TPSA) is 120 Å². The van der Waals surface area contributed by atoms with Gasteiger partial charge in [0.05, 0.1) is 7.11 Å². The Hall–Kier alpha value is -4.53. The highest BCUT2D eigenvalue weighted by Crippen LogP contribution is 2.30. The van der Waals surface area contributed by atoms with Crippen molar-refractivity contribution in [1.82, 2.24) is 5.32 Å². The normalized spacial score (nSPS) is 15.9. The van der Waals surface area contributed by atoms with Gasteiger partial charge in [-0.25, -0.2) is 0 Å². The van der Waals surface area contributed by atoms with Crippen LogP contribution in [0.15, 0.2) is 71.7 Å². The van der Waals surface area contributed by atoms with Crippen LogP contribution in [0.5, 0.6) is 11.5 Å². The summed E-state index contributed by atoms with van der Waals surface area (Å²) in [6.45, 7) is 0.357. The molecule has 0 saturated heterocycles. The zero-order valence-corrected chi connectivity index (χ0v) is 17.6. The van der Waals surface area contributed by atoms with Gasteiger partial charge in [-0.05, 0) is 40.1 Å². The number of hydrogen-bond acceptors (Lipinski definition) is 6. The summed E-state index contributed by atoms with van der Waals surface area (Å²) < 4.78 is 11.4. The van der Waals surface area contributed by atoms with Crippen molar-refractivity contribution in [1.29, 1.82) is 0 Å². The van der Waals surface area contributed by atoms with Gasteiger partial charge in [0.15, 0.2) is 11.5 Å². The van der Waals surface area contributed by atoms with Gasteiger partial charge in [-0.3, -0.25) is 19.7 Å². The van der Waals surface area contributed by atoms with Crippen molar-refractivity contribution >= 4 is 34.5 Å². The fourth-order valence-corrected chi connectivity index (χ4v) is 3.44. The van der Waals surface area contributed by atoms with E-state index in [1.807, 2.05) is 42.5 Å². The van der Waals surface area contributed by atoms with E-state index in [9.17, 15) is 19.7 Å². The second kappa shape index (κ2) is 9.31. The lowest BCUT2D eigenvalue weighted by Crippen LogP contribution is -2.50. The molecule has 0 aliphatic carbocycles. The second-order valence-corrected chi connectivity index (χ2v) is 7.18. The molecule has 0 radical (unpaired) electrons. The number of fused-ring (bicyclic) bond motifs is 1. The first kappa shape index (κ1) is 21.7. The van der Waals surface area contributed by atoms with Crippen LogP contribution in [-0.2, 0) is 16.2 Å². The molecule has 1 heterocycles. The third-order valence-corrected chi connectivity index (χ3v) is 5.06. The number of carbonyl (C=O) groups excluding carboxylic acids is 2. The average molecular weight is 445 g/mol. The Balaban J connectivity index is 1.49. The minimum atomic E-state index is -2.01. The summed E-state index contributed by atoms with van der Waals surface area (Å²) >= 11 is 0. The van der Waals surface area contributed by atoms with Gasteiger partial charge in [-0.1, -0.05) is 54.6 Å². The summed E-state index contributed by atoms with van der Waals surface area (Å²) in [4.78, 5) is 36.9. The maximum atomic E-state index is 11.8. The molecule has 0 aromatic heterocycles. The van der Waals surface area contributed by atoms with E-state index < -0.39 is 22.8 Å². The zero-order chi connectivity index (χ0) is 23.4. The highest BCUT2D eigenvalue weighted by Gasteiger charge is 2.41. The maximum Gasteiger partial charge on any atom is 0.368 e. The van der Waals surface area contributed by atoms with E-state index in [2.05, 4.69) is 10.3 Å². The highest BCUT2D eigenvalue weighted by atomic mass is 16.6. The number of nitro groups is 1. The summed E-state index contributed by atoms with van der Waals surface area (Å²) in [5.74, 6) is -1.16. The number of rotatable bonds is 7. The lowest BCUT2D eigenvalue weighted by molar-refractivity contribution is -0.493. The molecule has 3 aromatic carbocycles. The Labute approximate surface area is 188 Å². The molecule has 4 rings (SSSR count). The van der Waals surface area contributed by atoms with Crippen LogP contribution in [0.25, 0.3) is 16.8 Å². The SMILES string of the molecule is COc1cc(/C=C/C2=NC(=O)C([N+](=O)[O-])C(=O)N2)ccc1OCc1cccc2ccccc12. The third-order valence-electron chi connectivity index (χ3n) is 5.06. The number of ether oxygens (including phenoxy) is 2. The molecule has 1 aliphatic rings. The number of hydrogen-bond donors (Lipinski definition) is 1. The van der Waals surface area contributed by atoms with E-state index in [1.165, 1.54) is 13.2 Å². The molecule has 33 heavy (non-hydrogen) atoms. The molecule has 1 unspecified atom stereocenters. The van der Waals surface area contributed by atoms with E-state index in [-0.39, 0.29) is 5.84 Å². The molecule has 1 atom stereocenters. The summed E-state index contributed by atoms with van der Waals surface area (Å²) in [7, 11) is 1.52. The predicted octanol–water partition coefficient (Wildman–Crippen LogP) is 3.14. The van der Waals surface area contributed by atoms with Gasteiger partial charge >= 0.3 is 17.9 Å². The largest absolute Gasteiger partial charge is 0.493 e. The van der Waals surface area contributed by atoms with Gasteiger partial charge in [0.25, 0.3) is 0 Å². The summed E-state index contributed by atoms with van der Waals surface area (Å²) in [5.41, 5.74) is 1.73. The standard InChI is InChI=1S/C24H19N3O6/c1-32-20-13-15(10-12-21-25-23(28)22(27(30)31)24(29)26-21)9-11-19(20)33-14-17-7-4-6-16-5-2-3-8-18(16)17/h2-13,22H,14H2,1H3,(H,25,26,28,29)/b12-10+. The van der Waals surface area contributed by atoms with E-state index >= 15 is 0 Å². The number of amidine groups is 1. The highest BCUT2D eigenvalue weighted by molar-refractivity contribution is 6.21. The first-order valence-corrected chi connectivity index (χ1v) is 9.98. The van der Waals surface area contributed by atoms with Crippen LogP contribution in [0.1, 0.15) is 11.1 Å². The molecule has 1 N–H and O–H groups in total. The van der Waals surface area contributed by atoms with E-state index in [0.717, 1.165) is 16.3 Å². The molecule has 0 saturated carbocycles. The molecule has 2 amide bonds. The van der Waals surface area contributed by atoms with Gasteiger partial charge < -0.3 is 14.8 Å². The summed E-state index contributed by atoms with van der Waals surface area (Å²) in [6, 6.07) is 17.3. The fourth-order valence-electron chi connectivity index (χ4n) is 3.44. The quantitative estimate of drug-likeness (QED) is 0.339. The molecule has 166 valence electrons. The Kier molecular flexibility index (Phi) is 6.12. The van der Waals surface area contributed by atoms with Gasteiger partial charge in [0, 0.05) is 4.92 Å². The molecule has 9 heteroatoms. The van der Waals surface area contributed by atoms with Crippen LogP contribution in [0, 0.1) is 10.1 Å². The van der Waals surface area contributed by atoms with Gasteiger partial charge in [-0.15, -0.1) is 0 Å². The maximum absolute atomic E-state index is 11.8. The summed E-state index contributed by atoms with van der Waals surface area (Å²) in [5, 5.41) is 15.3. The molecule has 0 spiro atoms. The Morgan fingerprint density at radius 2 is 1.85 bits per heavy atom. The van der Waals surface area contributed by atoms with Crippen LogP contribution >= 0.6 is 0 Å². The monoisotopic (exact) mass is 445 g/mol. The predicted molar refractivity (Wildman–Crippen MR) is 122 cm³/mol. The zero-order valence-electron chi connectivity index (χ0n) is 17.6. The van der Waals surface area contributed by atoms with Crippen LogP contribution in [0.4, 0.5) is 0 Å². The number of aliphatic imine (C=N–C) groups is 1. The van der Waals surface area contributed by atoms with E-state index in [0.29, 0.717) is 23.7 Å². The van der Waals surface area contributed by atoms with Crippen molar-refractivity contribution in [3.8, 4) is 11.5 Å². The molecular formula is C24H19N3O6. The number of methoxy groups -OCH3 is 1. The van der Waals surface area contributed by atoms with Crippen molar-refractivity contribution in [3.05, 3.63) is 88.0 Å². The van der Waals surface area contributed by atoms with Crippen molar-refractivity contribution in [3.63, 3.8) is 0 Å². The number of nitrogens with one attached hydrogen (secondary N) is 1. The number of carbonyl (C=O) groups is 2. The molecule has 0 fully saturated rings. The first-order valence-electron chi connectivity index (χ1n) is 9.98. The van der Waals surface area contributed by atoms with Crippen LogP contribution in [0.2, 0.25) is 0 Å². The van der Waals surface area contributed by atoms with Crippen LogP contribution in [0.3, 0.4) is 0 Å². The molecule has 3 aromatic rings. The second-order valence-electron chi connectivity index (χ2n) is 7.18. The molecule has 9 nitrogen and oxygen atoms in total. The Bertz CT molecular complexity index is 1310. The van der Waals surface area contributed by atoms with Crippen molar-refractivity contribution in [2.45, 2.75) is 12.6 Å². The molecular weight excluding hydrogens is 426 g/mol. The fraction of sp³-hybridized carbons (Fsp3) is 0.125. The molecule has 1 aliphatic heterocycles. The van der Waals surface area contributed by atoms with Crippen LogP contribution < -0.4 is 14.8 Å². The van der Waals surface area contributed by atoms with Gasteiger partial charge in [0.1, 0.15) is 12.4 Å². The lowest BCUT2D eigenvalue weighted by atomic mass is 10.1. The number of amides is 2. The molecule has 0 bridgehead atoms. The minimum absolute atomic E-state index is 0.0710. The average Bonchev–Trinajstić information content (AvgIpc) is 2.81. The van der Waals surface area contributed by atoms with Crippen LogP contribution in [-0.4, -0.2) is 35.7 Å². The smallest absolute Gasteiger partial charge is 0.368 e. The van der Waals surface area contributed by atoms with Gasteiger partial charge in [0.2, 0.25) is 0 Å². The van der Waals surface area contributed by atoms with Crippen molar-refractivity contribution in [2.75, 3.05) is 7.11 Å². The Morgan fingerprint density at radius 3 is 2.61 bits per heavy atom. The number of benzene rings is 3. The van der Waals surface area contributed by atoms with Crippen molar-refractivity contribution < 1.29 is 24.0 Å². The van der Waals surface area contributed by atoms with Gasteiger partial charge in [-0.2, -0.15) is 4.99 Å². The van der Waals surface area contributed by atoms with E-state index in [1.54, 1.807) is 24.3 Å². The summed E-state index contributed by atoms with van der Waals surface area (Å²) in [6.07, 6.45) is 2.98. The Morgan fingerprint density at radius 1 is 1.06 bits per heavy atom. The van der Waals surface area contributed by atoms with E-state index in [4.69, 9.17) is 9.47 Å². The minimum Gasteiger partial charge on any atom is -0.493 e. The first-order chi connectivity index (χ1) is 16.0. The van der Waals surface area contributed by atoms with Crippen molar-refractivity contribution in [2.24, 2.45) is 4.99 Å². The number of nitrogens with zero attached hydrogens (tertiary/aromatic N) is 2.